The van der Waals surface area contributed by atoms with Crippen LogP contribution < -0.4 is 25.0 Å². The predicted molar refractivity (Wildman–Crippen MR) is 93.1 cm³/mol. The second-order valence-electron chi connectivity index (χ2n) is 5.17. The van der Waals surface area contributed by atoms with Crippen LogP contribution >= 0.6 is 0 Å². The summed E-state index contributed by atoms with van der Waals surface area (Å²) in [6.45, 7) is 0.537. The van der Waals surface area contributed by atoms with E-state index in [0.717, 1.165) is 0 Å². The van der Waals surface area contributed by atoms with Gasteiger partial charge in [-0.05, 0) is 36.4 Å². The minimum absolute atomic E-state index is 0.248. The molecular formula is C18H20N2O6. The molecule has 0 radical (unpaired) electrons. The lowest BCUT2D eigenvalue weighted by molar-refractivity contribution is 0.0706. The number of methoxy groups -OCH3 is 2. The maximum atomic E-state index is 12.2. The van der Waals surface area contributed by atoms with Gasteiger partial charge in [0.25, 0.3) is 11.8 Å². The van der Waals surface area contributed by atoms with Crippen LogP contribution in [0.15, 0.2) is 42.5 Å². The number of hydrogen-bond donors (Lipinski definition) is 3. The molecular weight excluding hydrogens is 340 g/mol. The molecule has 2 amide bonds. The van der Waals surface area contributed by atoms with Gasteiger partial charge in [-0.15, -0.1) is 0 Å². The number of hydroxylamine groups is 1. The van der Waals surface area contributed by atoms with Crippen molar-refractivity contribution in [3.63, 3.8) is 0 Å². The fourth-order valence-corrected chi connectivity index (χ4v) is 2.14. The molecule has 0 heterocycles. The van der Waals surface area contributed by atoms with Crippen molar-refractivity contribution in [2.24, 2.45) is 0 Å². The minimum Gasteiger partial charge on any atom is -0.497 e. The molecule has 0 aromatic heterocycles. The van der Waals surface area contributed by atoms with Crippen molar-refractivity contribution < 1.29 is 29.0 Å². The summed E-state index contributed by atoms with van der Waals surface area (Å²) in [5.74, 6) is 0.714. The van der Waals surface area contributed by atoms with Crippen LogP contribution in [0.5, 0.6) is 17.2 Å². The molecule has 2 rings (SSSR count). The Labute approximate surface area is 150 Å². The normalized spacial score (nSPS) is 9.96. The van der Waals surface area contributed by atoms with Gasteiger partial charge < -0.3 is 19.5 Å². The second-order valence-corrected chi connectivity index (χ2v) is 5.17. The van der Waals surface area contributed by atoms with Gasteiger partial charge in [0.15, 0.2) is 0 Å². The Morgan fingerprint density at radius 1 is 0.885 bits per heavy atom. The molecule has 0 bridgehead atoms. The fourth-order valence-electron chi connectivity index (χ4n) is 2.14. The summed E-state index contributed by atoms with van der Waals surface area (Å²) in [7, 11) is 3.03. The third-order valence-corrected chi connectivity index (χ3v) is 3.49. The molecule has 8 heteroatoms. The van der Waals surface area contributed by atoms with Crippen LogP contribution in [0.25, 0.3) is 0 Å². The number of nitrogens with one attached hydrogen (secondary N) is 2. The largest absolute Gasteiger partial charge is 0.497 e. The van der Waals surface area contributed by atoms with E-state index < -0.39 is 5.91 Å². The minimum atomic E-state index is -0.600. The second kappa shape index (κ2) is 9.28. The van der Waals surface area contributed by atoms with Gasteiger partial charge in [0.2, 0.25) is 0 Å². The van der Waals surface area contributed by atoms with Gasteiger partial charge >= 0.3 is 0 Å². The van der Waals surface area contributed by atoms with E-state index >= 15 is 0 Å². The summed E-state index contributed by atoms with van der Waals surface area (Å²) in [4.78, 5) is 23.4. The Hall–Kier alpha value is -3.26. The van der Waals surface area contributed by atoms with Gasteiger partial charge in [-0.1, -0.05) is 0 Å². The van der Waals surface area contributed by atoms with Gasteiger partial charge in [-0.3, -0.25) is 14.8 Å². The van der Waals surface area contributed by atoms with Crippen molar-refractivity contribution in [1.82, 2.24) is 10.8 Å². The zero-order chi connectivity index (χ0) is 18.9. The van der Waals surface area contributed by atoms with Crippen LogP contribution in [0.2, 0.25) is 0 Å². The van der Waals surface area contributed by atoms with Crippen molar-refractivity contribution in [2.75, 3.05) is 27.4 Å². The zero-order valence-corrected chi connectivity index (χ0v) is 14.4. The lowest BCUT2D eigenvalue weighted by Crippen LogP contribution is -2.28. The average molecular weight is 360 g/mol. The molecule has 0 fully saturated rings. The summed E-state index contributed by atoms with van der Waals surface area (Å²) in [6.07, 6.45) is 0. The van der Waals surface area contributed by atoms with Crippen molar-refractivity contribution in [3.05, 3.63) is 53.6 Å². The molecule has 0 aliphatic carbocycles. The van der Waals surface area contributed by atoms with E-state index in [1.807, 2.05) is 0 Å². The molecule has 0 saturated heterocycles. The molecule has 26 heavy (non-hydrogen) atoms. The van der Waals surface area contributed by atoms with Crippen LogP contribution in [0, 0.1) is 0 Å². The monoisotopic (exact) mass is 360 g/mol. The predicted octanol–water partition coefficient (Wildman–Crippen LogP) is 1.63. The number of ether oxygens (including phenoxy) is 3. The van der Waals surface area contributed by atoms with E-state index in [2.05, 4.69) is 5.32 Å². The number of carbonyl (C=O) groups is 2. The van der Waals surface area contributed by atoms with Crippen molar-refractivity contribution in [1.29, 1.82) is 0 Å². The number of amides is 2. The van der Waals surface area contributed by atoms with E-state index in [-0.39, 0.29) is 19.1 Å². The maximum absolute atomic E-state index is 12.2. The number of benzene rings is 2. The summed E-state index contributed by atoms with van der Waals surface area (Å²) >= 11 is 0. The molecule has 0 unspecified atom stereocenters. The third kappa shape index (κ3) is 5.12. The lowest BCUT2D eigenvalue weighted by Gasteiger charge is -2.10. The molecule has 8 nitrogen and oxygen atoms in total. The van der Waals surface area contributed by atoms with Gasteiger partial charge in [0.1, 0.15) is 23.9 Å². The van der Waals surface area contributed by atoms with E-state index in [9.17, 15) is 9.59 Å². The fraction of sp³-hybridized carbons (Fsp3) is 0.222. The number of hydrogen-bond acceptors (Lipinski definition) is 6. The molecule has 2 aromatic carbocycles. The highest BCUT2D eigenvalue weighted by Crippen LogP contribution is 2.22. The molecule has 2 aromatic rings. The summed E-state index contributed by atoms with van der Waals surface area (Å²) in [5.41, 5.74) is 2.28. The Balaban J connectivity index is 1.84. The number of rotatable bonds is 8. The van der Waals surface area contributed by atoms with Crippen molar-refractivity contribution in [2.45, 2.75) is 0 Å². The molecule has 3 N–H and O–H groups in total. The Morgan fingerprint density at radius 2 is 1.50 bits per heavy atom. The smallest absolute Gasteiger partial charge is 0.274 e. The van der Waals surface area contributed by atoms with Gasteiger partial charge in [-0.2, -0.15) is 0 Å². The van der Waals surface area contributed by atoms with Gasteiger partial charge in [0.05, 0.1) is 20.8 Å². The first kappa shape index (κ1) is 19.1. The van der Waals surface area contributed by atoms with Gasteiger partial charge in [-0.25, -0.2) is 5.48 Å². The molecule has 138 valence electrons. The molecule has 0 spiro atoms. The van der Waals surface area contributed by atoms with Crippen molar-refractivity contribution >= 4 is 11.8 Å². The SMILES string of the molecule is COc1cc(OC)cc(C(=O)NCCOc2ccc(C(=O)NO)cc2)c1. The van der Waals surface area contributed by atoms with Crippen LogP contribution in [0.3, 0.4) is 0 Å². The highest BCUT2D eigenvalue weighted by atomic mass is 16.5. The third-order valence-electron chi connectivity index (χ3n) is 3.49. The standard InChI is InChI=1S/C18H20N2O6/c1-24-15-9-13(10-16(11-15)25-2)17(21)19-7-8-26-14-5-3-12(4-6-14)18(22)20-23/h3-6,9-11,23H,7-8H2,1-2H3,(H,19,21)(H,20,22). The van der Waals surface area contributed by atoms with E-state index in [1.165, 1.54) is 26.4 Å². The first-order chi connectivity index (χ1) is 12.6. The van der Waals surface area contributed by atoms with Crippen LogP contribution in [-0.2, 0) is 0 Å². The molecule has 0 aliphatic rings. The zero-order valence-electron chi connectivity index (χ0n) is 14.4. The molecule has 0 saturated carbocycles. The highest BCUT2D eigenvalue weighted by Gasteiger charge is 2.09. The average Bonchev–Trinajstić information content (AvgIpc) is 2.70. The Morgan fingerprint density at radius 3 is 2.04 bits per heavy atom. The molecule has 0 atom stereocenters. The van der Waals surface area contributed by atoms with E-state index in [1.54, 1.807) is 35.8 Å². The summed E-state index contributed by atoms with van der Waals surface area (Å²) in [5, 5.41) is 11.3. The first-order valence-corrected chi connectivity index (χ1v) is 7.76. The Kier molecular flexibility index (Phi) is 6.81. The van der Waals surface area contributed by atoms with Crippen molar-refractivity contribution in [3.8, 4) is 17.2 Å². The highest BCUT2D eigenvalue weighted by molar-refractivity contribution is 5.95. The van der Waals surface area contributed by atoms with Crippen LogP contribution in [0.4, 0.5) is 0 Å². The maximum Gasteiger partial charge on any atom is 0.274 e. The quantitative estimate of drug-likeness (QED) is 0.375. The van der Waals surface area contributed by atoms with Gasteiger partial charge in [0, 0.05) is 17.2 Å². The van der Waals surface area contributed by atoms with Crippen LogP contribution in [0.1, 0.15) is 20.7 Å². The molecule has 0 aliphatic heterocycles. The van der Waals surface area contributed by atoms with E-state index in [4.69, 9.17) is 19.4 Å². The van der Waals surface area contributed by atoms with Crippen LogP contribution in [-0.4, -0.2) is 44.4 Å². The number of carbonyl (C=O) groups excluding carboxylic acids is 2. The van der Waals surface area contributed by atoms with E-state index in [0.29, 0.717) is 28.4 Å². The summed E-state index contributed by atoms with van der Waals surface area (Å²) in [6, 6.07) is 11.1. The topological polar surface area (TPSA) is 106 Å². The lowest BCUT2D eigenvalue weighted by atomic mass is 10.2. The Bertz CT molecular complexity index is 739. The first-order valence-electron chi connectivity index (χ1n) is 7.76. The summed E-state index contributed by atoms with van der Waals surface area (Å²) < 4.78 is 15.8.